The van der Waals surface area contributed by atoms with Crippen molar-refractivity contribution in [3.8, 4) is 5.75 Å². The summed E-state index contributed by atoms with van der Waals surface area (Å²) in [6.45, 7) is 2.68. The van der Waals surface area contributed by atoms with Crippen LogP contribution in [0.15, 0.2) is 18.2 Å². The minimum atomic E-state index is -4.44. The Hall–Kier alpha value is 0.960. The largest absolute Gasteiger partial charge is 0.490 e. The summed E-state index contributed by atoms with van der Waals surface area (Å²) in [5.74, 6) is -0.113. The molecule has 8 heteroatoms. The minimum absolute atomic E-state index is 0.0912. The molecular weight excluding hydrogens is 614 g/mol. The number of ether oxygens (including phenoxy) is 2. The maximum atomic E-state index is 13.1. The fourth-order valence-electron chi connectivity index (χ4n) is 1.49. The van der Waals surface area contributed by atoms with Crippen molar-refractivity contribution >= 4 is 67.8 Å². The van der Waals surface area contributed by atoms with Gasteiger partial charge in [0.05, 0.1) is 12.2 Å². The van der Waals surface area contributed by atoms with Gasteiger partial charge in [0.25, 0.3) is 0 Å². The molecule has 0 N–H and O–H groups in total. The van der Waals surface area contributed by atoms with Gasteiger partial charge in [-0.05, 0) is 80.8 Å². The summed E-state index contributed by atoms with van der Waals surface area (Å²) in [7, 11) is 0. The average Bonchev–Trinajstić information content (AvgIpc) is 2.32. The van der Waals surface area contributed by atoms with Crippen LogP contribution in [0, 0.1) is 0 Å². The highest BCUT2D eigenvalue weighted by Crippen LogP contribution is 2.52. The van der Waals surface area contributed by atoms with E-state index in [0.717, 1.165) is 6.07 Å². The summed E-state index contributed by atoms with van der Waals surface area (Å²) in [4.78, 5) is 0. The van der Waals surface area contributed by atoms with Crippen LogP contribution in [0.3, 0.4) is 0 Å². The summed E-state index contributed by atoms with van der Waals surface area (Å²) < 4.78 is 49.2. The first-order chi connectivity index (χ1) is 9.18. The van der Waals surface area contributed by atoms with Crippen molar-refractivity contribution in [3.05, 3.63) is 29.3 Å². The number of hydrogen-bond acceptors (Lipinski definition) is 2. The molecular formula is C12H12F3I3O2. The second-order valence-corrected chi connectivity index (χ2v) is 14.8. The number of alkyl halides is 6. The Balaban J connectivity index is 3.13. The van der Waals surface area contributed by atoms with Gasteiger partial charge < -0.3 is 9.47 Å². The van der Waals surface area contributed by atoms with Crippen molar-refractivity contribution in [3.63, 3.8) is 0 Å². The minimum Gasteiger partial charge on any atom is -0.490 e. The quantitative estimate of drug-likeness (QED) is 0.235. The first-order valence-electron chi connectivity index (χ1n) is 5.66. The molecule has 0 heterocycles. The molecule has 0 aliphatic carbocycles. The molecule has 0 amide bonds. The average molecular weight is 626 g/mol. The molecule has 20 heavy (non-hydrogen) atoms. The molecule has 0 spiro atoms. The lowest BCUT2D eigenvalue weighted by Crippen LogP contribution is -2.15. The molecule has 0 unspecified atom stereocenters. The van der Waals surface area contributed by atoms with Crippen molar-refractivity contribution in [2.75, 3.05) is 19.8 Å². The lowest BCUT2D eigenvalue weighted by molar-refractivity contribution is -0.139. The third-order valence-corrected chi connectivity index (χ3v) is 4.05. The van der Waals surface area contributed by atoms with Crippen LogP contribution >= 0.6 is 67.8 Å². The molecule has 0 fully saturated rings. The van der Waals surface area contributed by atoms with Crippen molar-refractivity contribution in [1.82, 2.24) is 0 Å². The van der Waals surface area contributed by atoms with Gasteiger partial charge in [-0.2, -0.15) is 13.2 Å². The van der Waals surface area contributed by atoms with Gasteiger partial charge in [0.1, 0.15) is 12.4 Å². The number of benzene rings is 1. The van der Waals surface area contributed by atoms with Gasteiger partial charge in [0, 0.05) is 12.2 Å². The van der Waals surface area contributed by atoms with Gasteiger partial charge in [-0.25, -0.2) is 0 Å². The maximum absolute atomic E-state index is 13.1. The second kappa shape index (κ2) is 7.99. The standard InChI is InChI=1S/C12H12F3I3O2/c1-2-19-6-7-20-10-8(11(13,14)15)4-3-5-9(10)12(16,17)18/h3-5H,2,6-7H2,1H3. The van der Waals surface area contributed by atoms with E-state index in [0.29, 0.717) is 12.2 Å². The molecule has 0 aromatic heterocycles. The smallest absolute Gasteiger partial charge is 0.419 e. The van der Waals surface area contributed by atoms with Crippen molar-refractivity contribution in [2.45, 2.75) is 12.5 Å². The molecule has 114 valence electrons. The highest BCUT2D eigenvalue weighted by Gasteiger charge is 2.38. The summed E-state index contributed by atoms with van der Waals surface area (Å²) in [5, 5.41) is 0. The van der Waals surface area contributed by atoms with E-state index in [1.807, 2.05) is 6.92 Å². The predicted octanol–water partition coefficient (Wildman–Crippen LogP) is 5.54. The number of para-hydroxylation sites is 1. The van der Waals surface area contributed by atoms with Crippen LogP contribution in [0.25, 0.3) is 0 Å². The Morgan fingerprint density at radius 1 is 1.05 bits per heavy atom. The van der Waals surface area contributed by atoms with E-state index >= 15 is 0 Å². The molecule has 0 radical (unpaired) electrons. The normalized spacial score (nSPS) is 12.6. The molecule has 2 nitrogen and oxygen atoms in total. The van der Waals surface area contributed by atoms with E-state index in [2.05, 4.69) is 67.8 Å². The molecule has 0 saturated carbocycles. The molecule has 0 saturated heterocycles. The summed E-state index contributed by atoms with van der Waals surface area (Å²) in [6.07, 6.45) is -4.44. The summed E-state index contributed by atoms with van der Waals surface area (Å²) in [6, 6.07) is 4.09. The molecule has 0 aliphatic heterocycles. The van der Waals surface area contributed by atoms with Crippen molar-refractivity contribution in [1.29, 1.82) is 0 Å². The Morgan fingerprint density at radius 2 is 1.65 bits per heavy atom. The van der Waals surface area contributed by atoms with E-state index in [9.17, 15) is 13.2 Å². The van der Waals surface area contributed by atoms with Crippen LogP contribution in [0.4, 0.5) is 13.2 Å². The highest BCUT2D eigenvalue weighted by molar-refractivity contribution is 14.3. The van der Waals surface area contributed by atoms with Crippen LogP contribution in [-0.4, -0.2) is 19.8 Å². The lowest BCUT2D eigenvalue weighted by atomic mass is 10.1. The monoisotopic (exact) mass is 626 g/mol. The van der Waals surface area contributed by atoms with Crippen molar-refractivity contribution < 1.29 is 22.6 Å². The number of rotatable bonds is 6. The molecule has 1 aromatic rings. The first-order valence-corrected chi connectivity index (χ1v) is 8.89. The Kier molecular flexibility index (Phi) is 7.60. The Labute approximate surface area is 156 Å². The SMILES string of the molecule is CCOCCOc1c(C(F)(F)F)cccc1C(I)(I)I. The van der Waals surface area contributed by atoms with E-state index in [1.54, 1.807) is 6.07 Å². The zero-order valence-corrected chi connectivity index (χ0v) is 16.9. The molecule has 0 aliphatic rings. The maximum Gasteiger partial charge on any atom is 0.419 e. The van der Waals surface area contributed by atoms with Crippen LogP contribution in [0.1, 0.15) is 18.1 Å². The van der Waals surface area contributed by atoms with Gasteiger partial charge >= 0.3 is 6.18 Å². The van der Waals surface area contributed by atoms with Gasteiger partial charge in [0.15, 0.2) is -0.565 Å². The van der Waals surface area contributed by atoms with Crippen LogP contribution < -0.4 is 4.74 Å². The first kappa shape index (κ1) is 19.0. The summed E-state index contributed by atoms with van der Waals surface area (Å²) >= 11 is 6.23. The molecule has 0 bridgehead atoms. The zero-order valence-electron chi connectivity index (χ0n) is 10.4. The van der Waals surface area contributed by atoms with Gasteiger partial charge in [-0.1, -0.05) is 12.1 Å². The predicted molar refractivity (Wildman–Crippen MR) is 97.2 cm³/mol. The Bertz CT molecular complexity index is 412. The topological polar surface area (TPSA) is 18.5 Å². The Morgan fingerprint density at radius 3 is 2.15 bits per heavy atom. The van der Waals surface area contributed by atoms with Gasteiger partial charge in [-0.3, -0.25) is 0 Å². The van der Waals surface area contributed by atoms with Gasteiger partial charge in [0.2, 0.25) is 0 Å². The van der Waals surface area contributed by atoms with Crippen molar-refractivity contribution in [2.24, 2.45) is 0 Å². The van der Waals surface area contributed by atoms with E-state index in [1.165, 1.54) is 6.07 Å². The number of hydrogen-bond donors (Lipinski definition) is 0. The second-order valence-electron chi connectivity index (χ2n) is 3.72. The highest BCUT2D eigenvalue weighted by atomic mass is 127. The van der Waals surface area contributed by atoms with E-state index < -0.39 is 11.2 Å². The molecule has 1 rings (SSSR count). The molecule has 0 atom stereocenters. The zero-order chi connectivity index (χ0) is 15.4. The van der Waals surface area contributed by atoms with E-state index in [4.69, 9.17) is 9.47 Å². The van der Waals surface area contributed by atoms with E-state index in [-0.39, 0.29) is 19.0 Å². The van der Waals surface area contributed by atoms with Crippen LogP contribution in [0.5, 0.6) is 5.75 Å². The third-order valence-electron chi connectivity index (χ3n) is 2.30. The fourth-order valence-corrected chi connectivity index (χ4v) is 2.76. The number of halogens is 6. The third kappa shape index (κ3) is 5.63. The fraction of sp³-hybridized carbons (Fsp3) is 0.500. The molecule has 1 aromatic carbocycles. The van der Waals surface area contributed by atoms with Gasteiger partial charge in [-0.15, -0.1) is 0 Å². The lowest BCUT2D eigenvalue weighted by Gasteiger charge is -2.22. The van der Waals surface area contributed by atoms with Crippen LogP contribution in [0.2, 0.25) is 0 Å². The summed E-state index contributed by atoms with van der Waals surface area (Å²) in [5.41, 5.74) is -0.244. The van der Waals surface area contributed by atoms with Crippen LogP contribution in [-0.2, 0) is 10.3 Å².